The maximum absolute atomic E-state index is 12.9. The van der Waals surface area contributed by atoms with Gasteiger partial charge in [-0.25, -0.2) is 4.79 Å². The number of carbonyl (C=O) groups excluding carboxylic acids is 1. The van der Waals surface area contributed by atoms with Gasteiger partial charge in [0.15, 0.2) is 0 Å². The number of ether oxygens (including phenoxy) is 1. The lowest BCUT2D eigenvalue weighted by Crippen LogP contribution is -2.50. The Hall–Kier alpha value is -1.30. The molecule has 2 aliphatic heterocycles. The monoisotopic (exact) mass is 298 g/mol. The second-order valence-electron chi connectivity index (χ2n) is 6.11. The summed E-state index contributed by atoms with van der Waals surface area (Å²) in [7, 11) is 1.62. The van der Waals surface area contributed by atoms with Crippen LogP contribution in [0.4, 0.5) is 4.79 Å². The summed E-state index contributed by atoms with van der Waals surface area (Å²) < 4.78 is 5.10. The zero-order chi connectivity index (χ0) is 15.6. The number of rotatable bonds is 6. The van der Waals surface area contributed by atoms with Gasteiger partial charge in [0.25, 0.3) is 0 Å². The SMILES string of the molecule is CCC(C)N(CCOC)C(=O)N1C2CCC1C(C(=O)O)C2. The second-order valence-corrected chi connectivity index (χ2v) is 6.11. The van der Waals surface area contributed by atoms with E-state index in [2.05, 4.69) is 6.92 Å². The first-order valence-electron chi connectivity index (χ1n) is 7.81. The van der Waals surface area contributed by atoms with E-state index in [9.17, 15) is 14.7 Å². The van der Waals surface area contributed by atoms with Crippen molar-refractivity contribution >= 4 is 12.0 Å². The van der Waals surface area contributed by atoms with Crippen molar-refractivity contribution in [2.24, 2.45) is 5.92 Å². The van der Waals surface area contributed by atoms with Crippen LogP contribution in [0, 0.1) is 5.92 Å². The number of aliphatic carboxylic acids is 1. The van der Waals surface area contributed by atoms with Crippen LogP contribution in [-0.2, 0) is 9.53 Å². The van der Waals surface area contributed by atoms with E-state index in [1.165, 1.54) is 0 Å². The molecule has 2 fully saturated rings. The average Bonchev–Trinajstić information content (AvgIpc) is 3.04. The molecule has 0 radical (unpaired) electrons. The zero-order valence-corrected chi connectivity index (χ0v) is 13.1. The van der Waals surface area contributed by atoms with Crippen LogP contribution >= 0.6 is 0 Å². The van der Waals surface area contributed by atoms with Crippen molar-refractivity contribution in [3.63, 3.8) is 0 Å². The van der Waals surface area contributed by atoms with Gasteiger partial charge in [-0.2, -0.15) is 0 Å². The highest BCUT2D eigenvalue weighted by Crippen LogP contribution is 2.42. The third kappa shape index (κ3) is 3.00. The van der Waals surface area contributed by atoms with E-state index in [0.717, 1.165) is 19.3 Å². The molecule has 0 saturated carbocycles. The quantitative estimate of drug-likeness (QED) is 0.811. The second kappa shape index (κ2) is 6.64. The van der Waals surface area contributed by atoms with E-state index >= 15 is 0 Å². The first-order chi connectivity index (χ1) is 10.0. The van der Waals surface area contributed by atoms with Gasteiger partial charge in [-0.1, -0.05) is 6.92 Å². The lowest BCUT2D eigenvalue weighted by molar-refractivity contribution is -0.142. The Morgan fingerprint density at radius 1 is 1.43 bits per heavy atom. The Kier molecular flexibility index (Phi) is 5.08. The summed E-state index contributed by atoms with van der Waals surface area (Å²) in [5.41, 5.74) is 0. The van der Waals surface area contributed by atoms with Crippen molar-refractivity contribution in [2.75, 3.05) is 20.3 Å². The van der Waals surface area contributed by atoms with Crippen molar-refractivity contribution in [2.45, 2.75) is 57.7 Å². The molecule has 2 saturated heterocycles. The first-order valence-corrected chi connectivity index (χ1v) is 7.81. The van der Waals surface area contributed by atoms with Gasteiger partial charge in [0.05, 0.1) is 12.5 Å². The van der Waals surface area contributed by atoms with Gasteiger partial charge in [-0.05, 0) is 32.6 Å². The van der Waals surface area contributed by atoms with E-state index in [-0.39, 0.29) is 24.2 Å². The molecule has 0 spiro atoms. The molecule has 1 N–H and O–H groups in total. The van der Waals surface area contributed by atoms with Gasteiger partial charge in [-0.3, -0.25) is 4.79 Å². The lowest BCUT2D eigenvalue weighted by atomic mass is 9.89. The van der Waals surface area contributed by atoms with E-state index in [1.807, 2.05) is 16.7 Å². The normalized spacial score (nSPS) is 28.7. The molecule has 2 rings (SSSR count). The van der Waals surface area contributed by atoms with E-state index in [0.29, 0.717) is 19.6 Å². The Morgan fingerprint density at radius 2 is 2.14 bits per heavy atom. The number of methoxy groups -OCH3 is 1. The molecule has 21 heavy (non-hydrogen) atoms. The van der Waals surface area contributed by atoms with Gasteiger partial charge in [-0.15, -0.1) is 0 Å². The van der Waals surface area contributed by atoms with E-state index < -0.39 is 11.9 Å². The number of carboxylic acid groups (broad SMARTS) is 1. The fraction of sp³-hybridized carbons (Fsp3) is 0.867. The first kappa shape index (κ1) is 16.1. The molecule has 2 bridgehead atoms. The smallest absolute Gasteiger partial charge is 0.320 e. The number of nitrogens with zero attached hydrogens (tertiary/aromatic N) is 2. The molecule has 2 amide bonds. The van der Waals surface area contributed by atoms with Crippen LogP contribution in [0.5, 0.6) is 0 Å². The number of urea groups is 1. The standard InChI is InChI=1S/C15H26N2O4/c1-4-10(2)16(7-8-21-3)15(20)17-11-5-6-13(17)12(9-11)14(18)19/h10-13H,4-9H2,1-3H3,(H,18,19). The molecule has 4 atom stereocenters. The Labute approximate surface area is 126 Å². The summed E-state index contributed by atoms with van der Waals surface area (Å²) in [5, 5.41) is 9.30. The summed E-state index contributed by atoms with van der Waals surface area (Å²) in [4.78, 5) is 27.9. The van der Waals surface area contributed by atoms with Crippen molar-refractivity contribution in [1.29, 1.82) is 0 Å². The van der Waals surface area contributed by atoms with Crippen molar-refractivity contribution in [3.05, 3.63) is 0 Å². The molecule has 2 heterocycles. The predicted octanol–water partition coefficient (Wildman–Crippen LogP) is 1.79. The van der Waals surface area contributed by atoms with Crippen LogP contribution in [0.15, 0.2) is 0 Å². The molecule has 2 aliphatic rings. The Balaban J connectivity index is 2.12. The van der Waals surface area contributed by atoms with Gasteiger partial charge >= 0.3 is 12.0 Å². The molecule has 0 aromatic carbocycles. The number of hydrogen-bond donors (Lipinski definition) is 1. The largest absolute Gasteiger partial charge is 0.481 e. The van der Waals surface area contributed by atoms with Crippen LogP contribution < -0.4 is 0 Å². The predicted molar refractivity (Wildman–Crippen MR) is 78.1 cm³/mol. The van der Waals surface area contributed by atoms with Crippen LogP contribution in [0.3, 0.4) is 0 Å². The molecule has 0 aromatic rings. The van der Waals surface area contributed by atoms with E-state index in [1.54, 1.807) is 7.11 Å². The van der Waals surface area contributed by atoms with Crippen LogP contribution in [0.2, 0.25) is 0 Å². The number of carbonyl (C=O) groups is 2. The third-order valence-electron chi connectivity index (χ3n) is 4.98. The highest BCUT2D eigenvalue weighted by Gasteiger charge is 2.52. The maximum Gasteiger partial charge on any atom is 0.320 e. The number of amides is 2. The summed E-state index contributed by atoms with van der Waals surface area (Å²) in [6.45, 7) is 5.14. The zero-order valence-electron chi connectivity index (χ0n) is 13.1. The molecule has 6 nitrogen and oxygen atoms in total. The van der Waals surface area contributed by atoms with Crippen LogP contribution in [0.1, 0.15) is 39.5 Å². The van der Waals surface area contributed by atoms with Gasteiger partial charge in [0.2, 0.25) is 0 Å². The van der Waals surface area contributed by atoms with Gasteiger partial charge in [0, 0.05) is 31.8 Å². The average molecular weight is 298 g/mol. The van der Waals surface area contributed by atoms with Crippen molar-refractivity contribution in [3.8, 4) is 0 Å². The minimum absolute atomic E-state index is 0.0161. The fourth-order valence-electron chi connectivity index (χ4n) is 3.62. The molecule has 4 unspecified atom stereocenters. The minimum Gasteiger partial charge on any atom is -0.481 e. The maximum atomic E-state index is 12.9. The molecule has 0 aliphatic carbocycles. The molecule has 0 aromatic heterocycles. The summed E-state index contributed by atoms with van der Waals surface area (Å²) >= 11 is 0. The molecular formula is C15H26N2O4. The highest BCUT2D eigenvalue weighted by molar-refractivity contribution is 5.79. The summed E-state index contributed by atoms with van der Waals surface area (Å²) in [6.07, 6.45) is 3.22. The summed E-state index contributed by atoms with van der Waals surface area (Å²) in [6, 6.07) is 0.0837. The highest BCUT2D eigenvalue weighted by atomic mass is 16.5. The minimum atomic E-state index is -0.771. The molecule has 120 valence electrons. The number of fused-ring (bicyclic) bond motifs is 2. The molecular weight excluding hydrogens is 272 g/mol. The lowest BCUT2D eigenvalue weighted by Gasteiger charge is -2.34. The number of hydrogen-bond acceptors (Lipinski definition) is 3. The Morgan fingerprint density at radius 3 is 2.67 bits per heavy atom. The topological polar surface area (TPSA) is 70.1 Å². The fourth-order valence-corrected chi connectivity index (χ4v) is 3.62. The molecule has 6 heteroatoms. The van der Waals surface area contributed by atoms with Crippen molar-refractivity contribution < 1.29 is 19.4 Å². The Bertz CT molecular complexity index is 401. The van der Waals surface area contributed by atoms with Crippen LogP contribution in [-0.4, -0.2) is 65.3 Å². The van der Waals surface area contributed by atoms with E-state index in [4.69, 9.17) is 4.74 Å². The van der Waals surface area contributed by atoms with Crippen molar-refractivity contribution in [1.82, 2.24) is 9.80 Å². The van der Waals surface area contributed by atoms with Crippen LogP contribution in [0.25, 0.3) is 0 Å². The third-order valence-corrected chi connectivity index (χ3v) is 4.98. The van der Waals surface area contributed by atoms with Gasteiger partial charge in [0.1, 0.15) is 0 Å². The number of carboxylic acids is 1. The summed E-state index contributed by atoms with van der Waals surface area (Å²) in [5.74, 6) is -1.17. The van der Waals surface area contributed by atoms with Gasteiger partial charge < -0.3 is 19.6 Å².